The number of aromatic nitrogens is 2. The molecule has 0 saturated heterocycles. The monoisotopic (exact) mass is 309 g/mol. The Labute approximate surface area is 127 Å². The molecule has 7 heteroatoms. The number of aliphatic carboxylic acids is 1. The van der Waals surface area contributed by atoms with Gasteiger partial charge in [0.15, 0.2) is 0 Å². The molecule has 0 fully saturated rings. The van der Waals surface area contributed by atoms with Crippen LogP contribution in [0, 0.1) is 0 Å². The lowest BCUT2D eigenvalue weighted by molar-refractivity contribution is -0.138. The predicted molar refractivity (Wildman–Crippen MR) is 77.9 cm³/mol. The van der Waals surface area contributed by atoms with Crippen molar-refractivity contribution in [1.82, 2.24) is 15.0 Å². The van der Waals surface area contributed by atoms with Gasteiger partial charge in [0.2, 0.25) is 11.7 Å². The summed E-state index contributed by atoms with van der Waals surface area (Å²) in [7, 11) is 0. The maximum absolute atomic E-state index is 10.8. The van der Waals surface area contributed by atoms with Crippen molar-refractivity contribution >= 4 is 17.6 Å². The third-order valence-corrected chi connectivity index (χ3v) is 3.17. The molecule has 1 aromatic heterocycles. The molecule has 0 spiro atoms. The normalized spacial score (nSPS) is 11.0. The number of carboxylic acids is 1. The van der Waals surface area contributed by atoms with E-state index in [1.54, 1.807) is 17.0 Å². The lowest BCUT2D eigenvalue weighted by Crippen LogP contribution is -2.30. The van der Waals surface area contributed by atoms with Crippen molar-refractivity contribution in [2.75, 3.05) is 13.1 Å². The van der Waals surface area contributed by atoms with Crippen LogP contribution in [0.4, 0.5) is 0 Å². The fourth-order valence-electron chi connectivity index (χ4n) is 1.98. The summed E-state index contributed by atoms with van der Waals surface area (Å²) in [4.78, 5) is 16.8. The van der Waals surface area contributed by atoms with E-state index in [9.17, 15) is 4.79 Å². The zero-order valence-corrected chi connectivity index (χ0v) is 12.4. The van der Waals surface area contributed by atoms with E-state index in [0.717, 1.165) is 6.42 Å². The zero-order valence-electron chi connectivity index (χ0n) is 11.6. The van der Waals surface area contributed by atoms with Crippen molar-refractivity contribution in [1.29, 1.82) is 0 Å². The Balaban J connectivity index is 2.12. The highest BCUT2D eigenvalue weighted by atomic mass is 35.5. The van der Waals surface area contributed by atoms with E-state index in [1.807, 2.05) is 19.1 Å². The van der Waals surface area contributed by atoms with Gasteiger partial charge >= 0.3 is 5.97 Å². The van der Waals surface area contributed by atoms with Crippen LogP contribution in [0.5, 0.6) is 0 Å². The highest BCUT2D eigenvalue weighted by Crippen LogP contribution is 2.25. The van der Waals surface area contributed by atoms with Gasteiger partial charge in [0.05, 0.1) is 18.1 Å². The van der Waals surface area contributed by atoms with Crippen LogP contribution < -0.4 is 0 Å². The van der Waals surface area contributed by atoms with Gasteiger partial charge in [0.25, 0.3) is 0 Å². The quantitative estimate of drug-likeness (QED) is 0.847. The van der Waals surface area contributed by atoms with Gasteiger partial charge < -0.3 is 9.63 Å². The van der Waals surface area contributed by atoms with Gasteiger partial charge in [-0.1, -0.05) is 35.8 Å². The summed E-state index contributed by atoms with van der Waals surface area (Å²) >= 11 is 6.08. The highest BCUT2D eigenvalue weighted by molar-refractivity contribution is 6.33. The van der Waals surface area contributed by atoms with Crippen LogP contribution in [0.25, 0.3) is 11.4 Å². The van der Waals surface area contributed by atoms with Crippen LogP contribution in [0.15, 0.2) is 28.8 Å². The molecule has 0 bridgehead atoms. The second-order valence-electron chi connectivity index (χ2n) is 4.60. The Hall–Kier alpha value is -1.92. The molecule has 0 aliphatic carbocycles. The summed E-state index contributed by atoms with van der Waals surface area (Å²) in [6.45, 7) is 2.88. The maximum atomic E-state index is 10.8. The molecule has 21 heavy (non-hydrogen) atoms. The first-order valence-electron chi connectivity index (χ1n) is 6.61. The smallest absolute Gasteiger partial charge is 0.317 e. The summed E-state index contributed by atoms with van der Waals surface area (Å²) in [5, 5.41) is 13.3. The molecular formula is C14H16ClN3O3. The van der Waals surface area contributed by atoms with Gasteiger partial charge in [0.1, 0.15) is 0 Å². The van der Waals surface area contributed by atoms with E-state index >= 15 is 0 Å². The van der Waals surface area contributed by atoms with Crippen LogP contribution in [0.1, 0.15) is 19.2 Å². The molecule has 0 radical (unpaired) electrons. The Morgan fingerprint density at radius 2 is 2.19 bits per heavy atom. The molecule has 2 aromatic rings. The largest absolute Gasteiger partial charge is 0.480 e. The van der Waals surface area contributed by atoms with Crippen LogP contribution in [0.3, 0.4) is 0 Å². The van der Waals surface area contributed by atoms with Crippen LogP contribution in [0.2, 0.25) is 5.02 Å². The number of hydrogen-bond acceptors (Lipinski definition) is 5. The summed E-state index contributed by atoms with van der Waals surface area (Å²) in [6.07, 6.45) is 0.846. The number of carbonyl (C=O) groups is 1. The highest BCUT2D eigenvalue weighted by Gasteiger charge is 2.15. The average molecular weight is 310 g/mol. The van der Waals surface area contributed by atoms with Gasteiger partial charge in [-0.3, -0.25) is 9.69 Å². The number of carboxylic acid groups (broad SMARTS) is 1. The zero-order chi connectivity index (χ0) is 15.2. The number of rotatable bonds is 7. The fourth-order valence-corrected chi connectivity index (χ4v) is 2.20. The molecule has 1 heterocycles. The summed E-state index contributed by atoms with van der Waals surface area (Å²) in [5.74, 6) is -0.101. The van der Waals surface area contributed by atoms with Gasteiger partial charge in [-0.25, -0.2) is 0 Å². The number of benzene rings is 1. The van der Waals surface area contributed by atoms with Crippen molar-refractivity contribution in [3.8, 4) is 11.4 Å². The Morgan fingerprint density at radius 1 is 1.43 bits per heavy atom. The first-order chi connectivity index (χ1) is 10.1. The standard InChI is InChI=1S/C14H16ClN3O3/c1-2-7-18(9-13(19)20)8-12-16-14(17-21-12)10-5-3-4-6-11(10)15/h3-6H,2,7-9H2,1H3,(H,19,20). The number of nitrogens with zero attached hydrogens (tertiary/aromatic N) is 3. The molecule has 0 atom stereocenters. The second-order valence-corrected chi connectivity index (χ2v) is 5.00. The topological polar surface area (TPSA) is 79.5 Å². The molecule has 2 rings (SSSR count). The van der Waals surface area contributed by atoms with Crippen molar-refractivity contribution in [3.05, 3.63) is 35.2 Å². The average Bonchev–Trinajstić information content (AvgIpc) is 2.87. The number of halogens is 1. The Kier molecular flexibility index (Phi) is 5.30. The minimum atomic E-state index is -0.880. The molecule has 0 aliphatic rings. The first kappa shape index (κ1) is 15.5. The minimum absolute atomic E-state index is 0.0579. The van der Waals surface area contributed by atoms with E-state index in [-0.39, 0.29) is 6.54 Å². The first-order valence-corrected chi connectivity index (χ1v) is 6.99. The van der Waals surface area contributed by atoms with Gasteiger partial charge in [-0.05, 0) is 25.1 Å². The Bertz CT molecular complexity index is 615. The van der Waals surface area contributed by atoms with Gasteiger partial charge in [-0.15, -0.1) is 0 Å². The summed E-state index contributed by atoms with van der Waals surface area (Å²) in [5.41, 5.74) is 0.689. The molecule has 0 aliphatic heterocycles. The molecule has 112 valence electrons. The second kappa shape index (κ2) is 7.19. The maximum Gasteiger partial charge on any atom is 0.317 e. The summed E-state index contributed by atoms with van der Waals surface area (Å²) in [6, 6.07) is 7.21. The fraction of sp³-hybridized carbons (Fsp3) is 0.357. The summed E-state index contributed by atoms with van der Waals surface area (Å²) < 4.78 is 5.18. The van der Waals surface area contributed by atoms with Crippen LogP contribution >= 0.6 is 11.6 Å². The molecule has 1 N–H and O–H groups in total. The van der Waals surface area contributed by atoms with Crippen molar-refractivity contribution < 1.29 is 14.4 Å². The third kappa shape index (κ3) is 4.27. The van der Waals surface area contributed by atoms with Crippen molar-refractivity contribution in [2.24, 2.45) is 0 Å². The SMILES string of the molecule is CCCN(CC(=O)O)Cc1nc(-c2ccccc2Cl)no1. The lowest BCUT2D eigenvalue weighted by atomic mass is 10.2. The molecular weight excluding hydrogens is 294 g/mol. The van der Waals surface area contributed by atoms with E-state index in [2.05, 4.69) is 10.1 Å². The van der Waals surface area contributed by atoms with E-state index in [1.165, 1.54) is 0 Å². The molecule has 6 nitrogen and oxygen atoms in total. The molecule has 0 unspecified atom stereocenters. The molecule has 0 saturated carbocycles. The molecule has 1 aromatic carbocycles. The van der Waals surface area contributed by atoms with Crippen molar-refractivity contribution in [3.63, 3.8) is 0 Å². The number of hydrogen-bond donors (Lipinski definition) is 1. The van der Waals surface area contributed by atoms with Crippen molar-refractivity contribution in [2.45, 2.75) is 19.9 Å². The molecule has 0 amide bonds. The predicted octanol–water partition coefficient (Wildman–Crippen LogP) is 2.69. The van der Waals surface area contributed by atoms with Gasteiger partial charge in [0, 0.05) is 5.56 Å². The lowest BCUT2D eigenvalue weighted by Gasteiger charge is -2.16. The minimum Gasteiger partial charge on any atom is -0.480 e. The van der Waals surface area contributed by atoms with Crippen LogP contribution in [-0.2, 0) is 11.3 Å². The third-order valence-electron chi connectivity index (χ3n) is 2.84. The van der Waals surface area contributed by atoms with Gasteiger partial charge in [-0.2, -0.15) is 4.98 Å². The van der Waals surface area contributed by atoms with E-state index < -0.39 is 5.97 Å². The van der Waals surface area contributed by atoms with E-state index in [4.69, 9.17) is 21.2 Å². The Morgan fingerprint density at radius 3 is 2.86 bits per heavy atom. The van der Waals surface area contributed by atoms with Crippen LogP contribution in [-0.4, -0.2) is 39.2 Å². The van der Waals surface area contributed by atoms with E-state index in [0.29, 0.717) is 35.4 Å².